The summed E-state index contributed by atoms with van der Waals surface area (Å²) in [5.41, 5.74) is 6.61. The van der Waals surface area contributed by atoms with Crippen molar-refractivity contribution in [2.24, 2.45) is 5.73 Å². The molecule has 0 aliphatic carbocycles. The van der Waals surface area contributed by atoms with Gasteiger partial charge in [-0.25, -0.2) is 9.50 Å². The van der Waals surface area contributed by atoms with E-state index >= 15 is 0 Å². The van der Waals surface area contributed by atoms with Gasteiger partial charge in [-0.1, -0.05) is 6.07 Å². The van der Waals surface area contributed by atoms with Crippen molar-refractivity contribution in [3.63, 3.8) is 0 Å². The summed E-state index contributed by atoms with van der Waals surface area (Å²) in [5, 5.41) is 14.5. The number of nitrogens with two attached hydrogens (primary N) is 1. The molecule has 0 amide bonds. The Balaban J connectivity index is 2.32. The monoisotopic (exact) mass is 255 g/mol. The first-order chi connectivity index (χ1) is 9.05. The average molecular weight is 255 g/mol. The van der Waals surface area contributed by atoms with Gasteiger partial charge in [-0.3, -0.25) is 10.7 Å². The predicted octanol–water partition coefficient (Wildman–Crippen LogP) is 0.915. The minimum Gasteiger partial charge on any atom is -0.372 e. The first kappa shape index (κ1) is 11.8. The summed E-state index contributed by atoms with van der Waals surface area (Å²) in [4.78, 5) is 8.39. The summed E-state index contributed by atoms with van der Waals surface area (Å²) in [6, 6.07) is 7.22. The maximum atomic E-state index is 10.1. The lowest BCUT2D eigenvalue weighted by Gasteiger charge is -2.20. The van der Waals surface area contributed by atoms with Crippen molar-refractivity contribution >= 4 is 5.65 Å². The van der Waals surface area contributed by atoms with Gasteiger partial charge in [0.15, 0.2) is 5.65 Å². The molecule has 0 saturated heterocycles. The van der Waals surface area contributed by atoms with Gasteiger partial charge in [0.25, 0.3) is 0 Å². The van der Waals surface area contributed by atoms with Crippen LogP contribution in [0.3, 0.4) is 0 Å². The molecule has 3 aromatic heterocycles. The van der Waals surface area contributed by atoms with E-state index in [0.717, 1.165) is 0 Å². The van der Waals surface area contributed by atoms with Crippen LogP contribution in [-0.4, -0.2) is 24.7 Å². The van der Waals surface area contributed by atoms with Crippen molar-refractivity contribution in [3.05, 3.63) is 48.4 Å². The highest BCUT2D eigenvalue weighted by Crippen LogP contribution is 2.26. The number of rotatable bonds is 2. The lowest BCUT2D eigenvalue weighted by molar-refractivity contribution is 0.0649. The summed E-state index contributed by atoms with van der Waals surface area (Å²) in [5.74, 6) is 0. The number of fused-ring (bicyclic) bond motifs is 1. The van der Waals surface area contributed by atoms with Crippen molar-refractivity contribution in [2.45, 2.75) is 12.6 Å². The highest BCUT2D eigenvalue weighted by Gasteiger charge is 2.24. The lowest BCUT2D eigenvalue weighted by Crippen LogP contribution is -2.33. The number of hydrogen-bond acceptors (Lipinski definition) is 5. The molecule has 0 bridgehead atoms. The molecule has 0 radical (unpaired) electrons. The number of nitrogens with zero attached hydrogens (tertiary/aromatic N) is 4. The molecule has 3 N–H and O–H groups in total. The molecule has 3 aromatic rings. The molecule has 0 aromatic carbocycles. The standard InChI is InChI=1S/C13H13N5O/c1-13(14,19)9-8-11-16-6-7-18(11)17-12(9)10-4-2-3-5-15-10/h2-8,19H,14H2,1H3. The van der Waals surface area contributed by atoms with E-state index in [1.807, 2.05) is 18.2 Å². The van der Waals surface area contributed by atoms with Crippen LogP contribution in [0.1, 0.15) is 12.5 Å². The first-order valence-corrected chi connectivity index (χ1v) is 5.83. The quantitative estimate of drug-likeness (QED) is 0.664. The largest absolute Gasteiger partial charge is 0.372 e. The van der Waals surface area contributed by atoms with E-state index in [1.54, 1.807) is 29.2 Å². The van der Waals surface area contributed by atoms with Crippen molar-refractivity contribution in [1.82, 2.24) is 19.6 Å². The van der Waals surface area contributed by atoms with E-state index in [0.29, 0.717) is 22.6 Å². The molecular weight excluding hydrogens is 242 g/mol. The number of hydrogen-bond donors (Lipinski definition) is 2. The minimum absolute atomic E-state index is 0.491. The highest BCUT2D eigenvalue weighted by molar-refractivity contribution is 5.62. The molecule has 96 valence electrons. The molecule has 6 heteroatoms. The Morgan fingerprint density at radius 1 is 1.26 bits per heavy atom. The van der Waals surface area contributed by atoms with Crippen molar-refractivity contribution in [3.8, 4) is 11.4 Å². The normalized spacial score (nSPS) is 14.5. The van der Waals surface area contributed by atoms with Crippen LogP contribution >= 0.6 is 0 Å². The van der Waals surface area contributed by atoms with E-state index in [-0.39, 0.29) is 0 Å². The van der Waals surface area contributed by atoms with E-state index in [2.05, 4.69) is 15.1 Å². The van der Waals surface area contributed by atoms with Gasteiger partial charge in [-0.05, 0) is 25.1 Å². The van der Waals surface area contributed by atoms with E-state index in [4.69, 9.17) is 5.73 Å². The molecular formula is C13H13N5O. The van der Waals surface area contributed by atoms with Crippen LogP contribution in [0.2, 0.25) is 0 Å². The summed E-state index contributed by atoms with van der Waals surface area (Å²) in [6.07, 6.45) is 5.04. The summed E-state index contributed by atoms with van der Waals surface area (Å²) in [7, 11) is 0. The Kier molecular flexibility index (Phi) is 2.55. The fraction of sp³-hybridized carbons (Fsp3) is 0.154. The second kappa shape index (κ2) is 4.11. The Labute approximate surface area is 109 Å². The Bertz CT molecular complexity index is 715. The molecule has 6 nitrogen and oxygen atoms in total. The van der Waals surface area contributed by atoms with Crippen LogP contribution in [-0.2, 0) is 5.72 Å². The Morgan fingerprint density at radius 3 is 2.79 bits per heavy atom. The fourth-order valence-electron chi connectivity index (χ4n) is 1.93. The summed E-state index contributed by atoms with van der Waals surface area (Å²) < 4.78 is 1.62. The van der Waals surface area contributed by atoms with Crippen LogP contribution in [0.25, 0.3) is 17.0 Å². The number of aromatic nitrogens is 4. The third-order valence-corrected chi connectivity index (χ3v) is 2.84. The van der Waals surface area contributed by atoms with Crippen LogP contribution in [0.4, 0.5) is 0 Å². The summed E-state index contributed by atoms with van der Waals surface area (Å²) >= 11 is 0. The fourth-order valence-corrected chi connectivity index (χ4v) is 1.93. The maximum absolute atomic E-state index is 10.1. The maximum Gasteiger partial charge on any atom is 0.153 e. The molecule has 1 atom stereocenters. The van der Waals surface area contributed by atoms with Gasteiger partial charge in [0.2, 0.25) is 0 Å². The van der Waals surface area contributed by atoms with Crippen molar-refractivity contribution < 1.29 is 5.11 Å². The van der Waals surface area contributed by atoms with Crippen LogP contribution < -0.4 is 5.73 Å². The van der Waals surface area contributed by atoms with Crippen LogP contribution in [0.5, 0.6) is 0 Å². The zero-order valence-corrected chi connectivity index (χ0v) is 10.4. The lowest BCUT2D eigenvalue weighted by atomic mass is 10.0. The molecule has 3 rings (SSSR count). The molecule has 0 spiro atoms. The van der Waals surface area contributed by atoms with Gasteiger partial charge in [0.1, 0.15) is 11.4 Å². The molecule has 0 fully saturated rings. The first-order valence-electron chi connectivity index (χ1n) is 5.83. The zero-order valence-electron chi connectivity index (χ0n) is 10.4. The van der Waals surface area contributed by atoms with Gasteiger partial charge in [0.05, 0.1) is 5.69 Å². The van der Waals surface area contributed by atoms with Gasteiger partial charge in [0, 0.05) is 24.2 Å². The predicted molar refractivity (Wildman–Crippen MR) is 70.0 cm³/mol. The number of imidazole rings is 1. The highest BCUT2D eigenvalue weighted by atomic mass is 16.3. The van der Waals surface area contributed by atoms with Gasteiger partial charge < -0.3 is 5.11 Å². The van der Waals surface area contributed by atoms with Crippen LogP contribution in [0, 0.1) is 0 Å². The number of pyridine rings is 1. The van der Waals surface area contributed by atoms with E-state index in [1.165, 1.54) is 6.92 Å². The smallest absolute Gasteiger partial charge is 0.153 e. The minimum atomic E-state index is -1.51. The third-order valence-electron chi connectivity index (χ3n) is 2.84. The molecule has 0 saturated carbocycles. The molecule has 0 aliphatic rings. The van der Waals surface area contributed by atoms with Crippen LogP contribution in [0.15, 0.2) is 42.9 Å². The van der Waals surface area contributed by atoms with E-state index in [9.17, 15) is 5.11 Å². The topological polar surface area (TPSA) is 89.3 Å². The van der Waals surface area contributed by atoms with Gasteiger partial charge in [-0.2, -0.15) is 5.10 Å². The zero-order chi connectivity index (χ0) is 13.5. The summed E-state index contributed by atoms with van der Waals surface area (Å²) in [6.45, 7) is 1.51. The molecule has 0 aliphatic heterocycles. The third kappa shape index (κ3) is 2.07. The number of aliphatic hydroxyl groups is 1. The van der Waals surface area contributed by atoms with E-state index < -0.39 is 5.72 Å². The SMILES string of the molecule is CC(N)(O)c1cc2nccn2nc1-c1ccccn1. The Hall–Kier alpha value is -2.31. The average Bonchev–Trinajstić information content (AvgIpc) is 2.84. The second-order valence-corrected chi connectivity index (χ2v) is 4.50. The molecule has 1 unspecified atom stereocenters. The van der Waals surface area contributed by atoms with Crippen molar-refractivity contribution in [2.75, 3.05) is 0 Å². The molecule has 19 heavy (non-hydrogen) atoms. The Morgan fingerprint density at radius 2 is 2.11 bits per heavy atom. The van der Waals surface area contributed by atoms with Gasteiger partial charge in [-0.15, -0.1) is 0 Å². The second-order valence-electron chi connectivity index (χ2n) is 4.50. The molecule has 3 heterocycles. The van der Waals surface area contributed by atoms with Gasteiger partial charge >= 0.3 is 0 Å². The van der Waals surface area contributed by atoms with Crippen molar-refractivity contribution in [1.29, 1.82) is 0 Å².